The zero-order valence-corrected chi connectivity index (χ0v) is 33.3. The summed E-state index contributed by atoms with van der Waals surface area (Å²) in [6.07, 6.45) is 3.36. The second kappa shape index (κ2) is 16.6. The zero-order chi connectivity index (χ0) is 32.2. The van der Waals surface area contributed by atoms with Crippen LogP contribution >= 0.6 is 24.8 Å². The summed E-state index contributed by atoms with van der Waals surface area (Å²) in [6, 6.07) is 37.3. The van der Waals surface area contributed by atoms with E-state index >= 15 is 0 Å². The number of allylic oxidation sites excluding steroid dienone is 4. The molecule has 0 aliphatic heterocycles. The summed E-state index contributed by atoms with van der Waals surface area (Å²) in [6.45, 7) is 22.3. The molecule has 46 heavy (non-hydrogen) atoms. The van der Waals surface area contributed by atoms with Crippen LogP contribution in [0, 0.1) is 12.0 Å². The number of hydrogen-bond acceptors (Lipinski definition) is 0. The first-order valence-corrected chi connectivity index (χ1v) is 17.0. The van der Waals surface area contributed by atoms with Crippen molar-refractivity contribution in [1.82, 2.24) is 0 Å². The summed E-state index contributed by atoms with van der Waals surface area (Å²) >= 11 is 1.46. The van der Waals surface area contributed by atoms with Crippen molar-refractivity contribution in [2.75, 3.05) is 0 Å². The average Bonchev–Trinajstić information content (AvgIpc) is 3.48. The van der Waals surface area contributed by atoms with Gasteiger partial charge in [-0.1, -0.05) is 104 Å². The van der Waals surface area contributed by atoms with Gasteiger partial charge < -0.3 is 0 Å². The van der Waals surface area contributed by atoms with E-state index in [9.17, 15) is 0 Å². The van der Waals surface area contributed by atoms with Crippen LogP contribution in [0.1, 0.15) is 91.5 Å². The molecule has 240 valence electrons. The van der Waals surface area contributed by atoms with Crippen LogP contribution in [0.4, 0.5) is 0 Å². The minimum atomic E-state index is 0. The van der Waals surface area contributed by atoms with Crippen molar-refractivity contribution in [2.45, 2.75) is 80.1 Å². The molecule has 1 unspecified atom stereocenters. The first-order valence-electron chi connectivity index (χ1n) is 15.8. The van der Waals surface area contributed by atoms with Crippen LogP contribution in [0.5, 0.6) is 0 Å². The van der Waals surface area contributed by atoms with Gasteiger partial charge >= 0.3 is 99.2 Å². The van der Waals surface area contributed by atoms with Crippen LogP contribution in [0.15, 0.2) is 120 Å². The molecule has 1 aliphatic rings. The van der Waals surface area contributed by atoms with Gasteiger partial charge in [-0.15, -0.1) is 71.5 Å². The Kier molecular flexibility index (Phi) is 14.3. The molecule has 0 spiro atoms. The minimum absolute atomic E-state index is 0. The fourth-order valence-electron chi connectivity index (χ4n) is 5.49. The molecule has 0 saturated heterocycles. The molecule has 0 bridgehead atoms. The van der Waals surface area contributed by atoms with Gasteiger partial charge in [-0.2, -0.15) is 11.1 Å². The van der Waals surface area contributed by atoms with Crippen LogP contribution in [0.2, 0.25) is 0 Å². The molecule has 0 saturated carbocycles. The molecule has 1 aliphatic carbocycles. The quantitative estimate of drug-likeness (QED) is 0.159. The Balaban J connectivity index is 0.000000256. The third-order valence-electron chi connectivity index (χ3n) is 8.80. The Labute approximate surface area is 305 Å². The first kappa shape index (κ1) is 39.7. The molecule has 0 aromatic heterocycles. The summed E-state index contributed by atoms with van der Waals surface area (Å²) in [5, 5.41) is 5.48. The van der Waals surface area contributed by atoms with Gasteiger partial charge in [0.05, 0.1) is 0 Å². The number of hydrogen-bond donors (Lipinski definition) is 0. The van der Waals surface area contributed by atoms with E-state index in [4.69, 9.17) is 0 Å². The molecule has 0 heterocycles. The van der Waals surface area contributed by atoms with Gasteiger partial charge in [0.1, 0.15) is 0 Å². The van der Waals surface area contributed by atoms with Crippen molar-refractivity contribution in [3.05, 3.63) is 148 Å². The Morgan fingerprint density at radius 1 is 0.630 bits per heavy atom. The number of halogens is 2. The van der Waals surface area contributed by atoms with E-state index in [-0.39, 0.29) is 35.6 Å². The molecule has 6 rings (SSSR count). The van der Waals surface area contributed by atoms with Gasteiger partial charge in [0.2, 0.25) is 0 Å². The molecule has 5 aromatic carbocycles. The van der Waals surface area contributed by atoms with Crippen LogP contribution in [-0.2, 0) is 35.1 Å². The zero-order valence-electron chi connectivity index (χ0n) is 29.2. The van der Waals surface area contributed by atoms with Gasteiger partial charge in [-0.25, -0.2) is 5.57 Å². The topological polar surface area (TPSA) is 0 Å². The van der Waals surface area contributed by atoms with Crippen molar-refractivity contribution >= 4 is 49.6 Å². The number of benzene rings is 4. The van der Waals surface area contributed by atoms with Crippen LogP contribution < -0.4 is 0 Å². The van der Waals surface area contributed by atoms with Crippen molar-refractivity contribution in [3.8, 4) is 0 Å². The number of fused-ring (bicyclic) bond motifs is 3. The molecule has 5 aromatic rings. The monoisotopic (exact) mass is 726 g/mol. The first-order chi connectivity index (χ1) is 20.7. The summed E-state index contributed by atoms with van der Waals surface area (Å²) in [5.74, 6) is 0.560. The standard InChI is InChI=1S/C21H25.C13H10.C9H13.2ClH.Zr/c1-20(2,3)16-7-9-18-14(12-16)11-15-13-17(21(4,5)6)8-10-19(15)18;1-3-7-12(8-4-1)11-13-9-5-2-6-10-13;1-6-5-7(2)9(4)8(6)3;;;/h7-13H,1-6H3;1-10H;6H,1-4H3;2*1H;/q-1;;-1;;;+2. The van der Waals surface area contributed by atoms with Gasteiger partial charge in [0, 0.05) is 0 Å². The van der Waals surface area contributed by atoms with E-state index in [1.165, 1.54) is 88.0 Å². The van der Waals surface area contributed by atoms with Crippen molar-refractivity contribution in [1.29, 1.82) is 0 Å². The normalized spacial score (nSPS) is 14.3. The fraction of sp³-hybridized carbons (Fsp3) is 0.302. The average molecular weight is 729 g/mol. The third kappa shape index (κ3) is 9.79. The molecule has 3 heteroatoms. The second-order valence-corrected chi connectivity index (χ2v) is 15.4. The van der Waals surface area contributed by atoms with Gasteiger partial charge in [0.15, 0.2) is 0 Å². The van der Waals surface area contributed by atoms with E-state index in [2.05, 4.69) is 178 Å². The molecule has 0 N–H and O–H groups in total. The molecule has 0 amide bonds. The Hall–Kier alpha value is -2.44. The Bertz CT molecular complexity index is 1700. The number of rotatable bonds is 2. The summed E-state index contributed by atoms with van der Waals surface area (Å²) in [4.78, 5) is 0. The van der Waals surface area contributed by atoms with Crippen LogP contribution in [0.25, 0.3) is 21.5 Å². The van der Waals surface area contributed by atoms with E-state index in [0.717, 1.165) is 0 Å². The predicted molar refractivity (Wildman–Crippen MR) is 205 cm³/mol. The molecule has 0 radical (unpaired) electrons. The van der Waals surface area contributed by atoms with E-state index < -0.39 is 0 Å². The molecule has 1 atom stereocenters. The second-order valence-electron chi connectivity index (χ2n) is 14.2. The van der Waals surface area contributed by atoms with Crippen LogP contribution in [-0.4, -0.2) is 3.21 Å². The van der Waals surface area contributed by atoms with Gasteiger partial charge in [-0.3, -0.25) is 6.08 Å². The van der Waals surface area contributed by atoms with E-state index in [1.807, 2.05) is 0 Å². The summed E-state index contributed by atoms with van der Waals surface area (Å²) < 4.78 is 1.42. The van der Waals surface area contributed by atoms with Crippen molar-refractivity contribution in [3.63, 3.8) is 0 Å². The van der Waals surface area contributed by atoms with E-state index in [0.29, 0.717) is 5.92 Å². The maximum absolute atomic E-state index is 3.36. The van der Waals surface area contributed by atoms with Crippen molar-refractivity contribution in [2.24, 2.45) is 5.92 Å². The van der Waals surface area contributed by atoms with Gasteiger partial charge in [0.25, 0.3) is 0 Å². The van der Waals surface area contributed by atoms with E-state index in [1.54, 1.807) is 0 Å². The Morgan fingerprint density at radius 3 is 1.30 bits per heavy atom. The summed E-state index contributed by atoms with van der Waals surface area (Å²) in [7, 11) is 0. The van der Waals surface area contributed by atoms with Gasteiger partial charge in [-0.05, 0) is 10.8 Å². The van der Waals surface area contributed by atoms with Crippen molar-refractivity contribution < 1.29 is 24.2 Å². The fourth-order valence-corrected chi connectivity index (χ4v) is 6.31. The summed E-state index contributed by atoms with van der Waals surface area (Å²) in [5.41, 5.74) is 10.1. The predicted octanol–water partition coefficient (Wildman–Crippen LogP) is 12.7. The molecule has 0 nitrogen and oxygen atoms in total. The SMILES string of the molecule is CC(C)(C)c1ccc2c(c1)[cH-]c1cc(C(C)(C)C)ccc12.CC1=[C-]C(C)C(C)=C1C.Cl.Cl.[Zr+2]=[C](c1ccccc1)c1ccccc1. The van der Waals surface area contributed by atoms with Crippen LogP contribution in [0.3, 0.4) is 0 Å². The molecular weight excluding hydrogens is 679 g/mol. The maximum atomic E-state index is 3.36. The third-order valence-corrected chi connectivity index (χ3v) is 10.2. The molecular formula is C43H50Cl2Zr. The Morgan fingerprint density at radius 2 is 1.02 bits per heavy atom. The molecule has 0 fully saturated rings.